The molecule has 0 aliphatic carbocycles. The van der Waals surface area contributed by atoms with Crippen LogP contribution in [0.4, 0.5) is 4.79 Å². The normalized spacial score (nSPS) is 24.7. The molecule has 0 radical (unpaired) electrons. The second kappa shape index (κ2) is 10.6. The number of primary amides is 1. The highest BCUT2D eigenvalue weighted by Gasteiger charge is 2.52. The van der Waals surface area contributed by atoms with Gasteiger partial charge in [0, 0.05) is 31.2 Å². The molecule has 3 fully saturated rings. The summed E-state index contributed by atoms with van der Waals surface area (Å²) >= 11 is 0. The van der Waals surface area contributed by atoms with Crippen molar-refractivity contribution in [3.8, 4) is 6.07 Å². The van der Waals surface area contributed by atoms with Crippen LogP contribution in [-0.4, -0.2) is 87.9 Å². The van der Waals surface area contributed by atoms with Crippen LogP contribution in [-0.2, 0) is 14.3 Å². The lowest BCUT2D eigenvalue weighted by Crippen LogP contribution is -2.59. The zero-order valence-corrected chi connectivity index (χ0v) is 22.3. The fourth-order valence-corrected chi connectivity index (χ4v) is 5.72. The minimum absolute atomic E-state index is 0.0349. The van der Waals surface area contributed by atoms with E-state index >= 15 is 0 Å². The Kier molecular flexibility index (Phi) is 7.65. The van der Waals surface area contributed by atoms with E-state index in [4.69, 9.17) is 10.5 Å². The van der Waals surface area contributed by atoms with Crippen molar-refractivity contribution >= 4 is 23.8 Å². The van der Waals surface area contributed by atoms with Crippen molar-refractivity contribution in [2.24, 2.45) is 5.73 Å². The van der Waals surface area contributed by atoms with Crippen LogP contribution in [0, 0.1) is 11.3 Å². The lowest BCUT2D eigenvalue weighted by Gasteiger charge is -2.39. The molecule has 0 spiro atoms. The van der Waals surface area contributed by atoms with Gasteiger partial charge in [0.2, 0.25) is 17.7 Å². The second-order valence-electron chi connectivity index (χ2n) is 11.3. The number of hydrogen-bond acceptors (Lipinski definition) is 7. The molecular formula is C27H36N6O5. The average Bonchev–Trinajstić information content (AvgIpc) is 3.56. The Labute approximate surface area is 222 Å². The van der Waals surface area contributed by atoms with Crippen molar-refractivity contribution in [3.63, 3.8) is 0 Å². The monoisotopic (exact) mass is 524 g/mol. The molecule has 4 amide bonds. The molecule has 3 N–H and O–H groups in total. The van der Waals surface area contributed by atoms with Crippen LogP contribution >= 0.6 is 0 Å². The standard InChI is InChI=1S/C27H36N6O5/c1-16(17-7-9-18(10-8-17)23(29)34)33-20-12-22(25(33)36)31(14-20)15-21(30-26(37)38-27(2,3)4)24(35)32-11-5-6-19(32)13-28/h7-10,16,19-22H,5-6,11-12,14-15H2,1-4H3,(H2,29,34)(H,30,37)/t16-,19?,20-,21?,22?/m0/s1. The maximum absolute atomic E-state index is 13.5. The van der Waals surface area contributed by atoms with E-state index in [0.717, 1.165) is 12.0 Å². The van der Waals surface area contributed by atoms with Gasteiger partial charge in [-0.15, -0.1) is 0 Å². The highest BCUT2D eigenvalue weighted by Crippen LogP contribution is 2.38. The number of rotatable bonds is 7. The number of nitriles is 1. The number of piperazine rings is 1. The van der Waals surface area contributed by atoms with Crippen molar-refractivity contribution in [1.29, 1.82) is 5.26 Å². The van der Waals surface area contributed by atoms with Crippen LogP contribution in [0.1, 0.15) is 68.9 Å². The summed E-state index contributed by atoms with van der Waals surface area (Å²) in [6.07, 6.45) is 1.24. The van der Waals surface area contributed by atoms with Gasteiger partial charge in [0.05, 0.1) is 18.2 Å². The Morgan fingerprint density at radius 1 is 1.24 bits per heavy atom. The van der Waals surface area contributed by atoms with Gasteiger partial charge in [-0.05, 0) is 64.7 Å². The Bertz CT molecular complexity index is 1140. The zero-order valence-electron chi connectivity index (χ0n) is 22.3. The number of likely N-dealkylation sites (tertiary alicyclic amines) is 3. The van der Waals surface area contributed by atoms with Gasteiger partial charge < -0.3 is 25.6 Å². The summed E-state index contributed by atoms with van der Waals surface area (Å²) in [6.45, 7) is 8.33. The number of carbonyl (C=O) groups excluding carboxylic acids is 4. The first kappa shape index (κ1) is 27.4. The molecule has 1 aromatic rings. The average molecular weight is 525 g/mol. The van der Waals surface area contributed by atoms with Gasteiger partial charge >= 0.3 is 6.09 Å². The summed E-state index contributed by atoms with van der Waals surface area (Å²) in [6, 6.07) is 6.98. The highest BCUT2D eigenvalue weighted by molar-refractivity contribution is 5.93. The first-order valence-corrected chi connectivity index (χ1v) is 13.0. The number of nitrogens with one attached hydrogen (secondary N) is 1. The van der Waals surface area contributed by atoms with Crippen LogP contribution in [0.3, 0.4) is 0 Å². The Hall–Kier alpha value is -3.65. The maximum Gasteiger partial charge on any atom is 0.408 e. The fourth-order valence-electron chi connectivity index (χ4n) is 5.72. The molecule has 0 saturated carbocycles. The molecule has 3 aliphatic rings. The largest absolute Gasteiger partial charge is 0.444 e. The van der Waals surface area contributed by atoms with E-state index < -0.39 is 35.7 Å². The number of hydrogen-bond donors (Lipinski definition) is 2. The van der Waals surface area contributed by atoms with Gasteiger partial charge in [0.25, 0.3) is 0 Å². The third-order valence-electron chi connectivity index (χ3n) is 7.50. The van der Waals surface area contributed by atoms with Crippen molar-refractivity contribution in [2.45, 2.75) is 82.8 Å². The second-order valence-corrected chi connectivity index (χ2v) is 11.3. The number of amides is 4. The maximum atomic E-state index is 13.5. The van der Waals surface area contributed by atoms with E-state index in [2.05, 4.69) is 11.4 Å². The van der Waals surface area contributed by atoms with E-state index in [1.165, 1.54) is 4.90 Å². The van der Waals surface area contributed by atoms with E-state index in [1.807, 2.05) is 28.9 Å². The molecule has 2 bridgehead atoms. The molecule has 11 heteroatoms. The summed E-state index contributed by atoms with van der Waals surface area (Å²) in [5.41, 5.74) is 5.91. The first-order chi connectivity index (χ1) is 17.9. The lowest BCUT2D eigenvalue weighted by atomic mass is 10.0. The summed E-state index contributed by atoms with van der Waals surface area (Å²) < 4.78 is 5.39. The Balaban J connectivity index is 1.47. The fraction of sp³-hybridized carbons (Fsp3) is 0.593. The summed E-state index contributed by atoms with van der Waals surface area (Å²) in [5, 5.41) is 12.2. The van der Waals surface area contributed by atoms with Crippen LogP contribution in [0.25, 0.3) is 0 Å². The number of nitrogens with two attached hydrogens (primary N) is 1. The first-order valence-electron chi connectivity index (χ1n) is 13.0. The SMILES string of the molecule is C[C@@H](c1ccc(C(N)=O)cc1)N1C(=O)C2C[C@H]1CN2CC(NC(=O)OC(C)(C)C)C(=O)N1CCCC1C#N. The molecule has 3 aliphatic heterocycles. The Morgan fingerprint density at radius 2 is 1.92 bits per heavy atom. The molecule has 204 valence electrons. The van der Waals surface area contributed by atoms with Crippen LogP contribution < -0.4 is 11.1 Å². The number of alkyl carbamates (subject to hydrolysis) is 1. The Morgan fingerprint density at radius 3 is 2.50 bits per heavy atom. The van der Waals surface area contributed by atoms with Crippen molar-refractivity contribution < 1.29 is 23.9 Å². The van der Waals surface area contributed by atoms with E-state index in [0.29, 0.717) is 31.5 Å². The van der Waals surface area contributed by atoms with Gasteiger partial charge in [-0.1, -0.05) is 12.1 Å². The van der Waals surface area contributed by atoms with Crippen molar-refractivity contribution in [1.82, 2.24) is 20.0 Å². The summed E-state index contributed by atoms with van der Waals surface area (Å²) in [5.74, 6) is -0.877. The van der Waals surface area contributed by atoms with Gasteiger partial charge in [-0.2, -0.15) is 5.26 Å². The van der Waals surface area contributed by atoms with E-state index in [1.54, 1.807) is 32.9 Å². The van der Waals surface area contributed by atoms with E-state index in [-0.39, 0.29) is 30.4 Å². The smallest absolute Gasteiger partial charge is 0.408 e. The van der Waals surface area contributed by atoms with Gasteiger partial charge in [-0.3, -0.25) is 19.3 Å². The van der Waals surface area contributed by atoms with Crippen LogP contribution in [0.15, 0.2) is 24.3 Å². The van der Waals surface area contributed by atoms with E-state index in [9.17, 15) is 24.4 Å². The third kappa shape index (κ3) is 5.60. The van der Waals surface area contributed by atoms with Gasteiger partial charge in [0.1, 0.15) is 17.7 Å². The zero-order chi connectivity index (χ0) is 27.8. The molecule has 3 unspecified atom stereocenters. The van der Waals surface area contributed by atoms with Crippen LogP contribution in [0.2, 0.25) is 0 Å². The molecule has 3 heterocycles. The van der Waals surface area contributed by atoms with Crippen LogP contribution in [0.5, 0.6) is 0 Å². The number of nitrogens with zero attached hydrogens (tertiary/aromatic N) is 4. The third-order valence-corrected chi connectivity index (χ3v) is 7.50. The number of ether oxygens (including phenoxy) is 1. The molecule has 0 aromatic heterocycles. The molecule has 38 heavy (non-hydrogen) atoms. The highest BCUT2D eigenvalue weighted by atomic mass is 16.6. The molecule has 3 saturated heterocycles. The molecule has 5 atom stereocenters. The molecule has 11 nitrogen and oxygen atoms in total. The summed E-state index contributed by atoms with van der Waals surface area (Å²) in [7, 11) is 0. The lowest BCUT2D eigenvalue weighted by molar-refractivity contribution is -0.141. The molecule has 1 aromatic carbocycles. The van der Waals surface area contributed by atoms with Crippen molar-refractivity contribution in [3.05, 3.63) is 35.4 Å². The number of benzene rings is 1. The van der Waals surface area contributed by atoms with Crippen molar-refractivity contribution in [2.75, 3.05) is 19.6 Å². The molecular weight excluding hydrogens is 488 g/mol. The van der Waals surface area contributed by atoms with Gasteiger partial charge in [-0.25, -0.2) is 4.79 Å². The molecule has 4 rings (SSSR count). The van der Waals surface area contributed by atoms with Gasteiger partial charge in [0.15, 0.2) is 0 Å². The number of fused-ring (bicyclic) bond motifs is 2. The topological polar surface area (TPSA) is 149 Å². The number of carbonyl (C=O) groups is 4. The minimum atomic E-state index is -0.946. The quantitative estimate of drug-likeness (QED) is 0.549. The predicted molar refractivity (Wildman–Crippen MR) is 137 cm³/mol. The minimum Gasteiger partial charge on any atom is -0.444 e. The summed E-state index contributed by atoms with van der Waals surface area (Å²) in [4.78, 5) is 56.3. The predicted octanol–water partition coefficient (Wildman–Crippen LogP) is 1.54.